The van der Waals surface area contributed by atoms with E-state index in [0.717, 1.165) is 48.1 Å². The number of amidine groups is 1. The van der Waals surface area contributed by atoms with E-state index in [1.807, 2.05) is 30.3 Å². The first-order valence-electron chi connectivity index (χ1n) is 11.4. The van der Waals surface area contributed by atoms with Crippen LogP contribution in [0.1, 0.15) is 42.9 Å². The minimum absolute atomic E-state index is 0.532. The number of allylic oxidation sites excluding steroid dienone is 5. The van der Waals surface area contributed by atoms with E-state index < -0.39 is 0 Å². The molecule has 0 saturated heterocycles. The smallest absolute Gasteiger partial charge is 0.131 e. The fraction of sp³-hybridized carbons (Fsp3) is 0.167. The van der Waals surface area contributed by atoms with Gasteiger partial charge in [-0.2, -0.15) is 0 Å². The molecule has 0 heterocycles. The lowest BCUT2D eigenvalue weighted by molar-refractivity contribution is 0.925. The normalized spacial score (nSPS) is 14.3. The van der Waals surface area contributed by atoms with E-state index in [2.05, 4.69) is 79.8 Å². The Labute approximate surface area is 191 Å². The summed E-state index contributed by atoms with van der Waals surface area (Å²) in [5.74, 6) is 0.532. The van der Waals surface area contributed by atoms with Crippen LogP contribution in [-0.4, -0.2) is 5.84 Å². The van der Waals surface area contributed by atoms with Gasteiger partial charge in [0, 0.05) is 5.56 Å². The van der Waals surface area contributed by atoms with Gasteiger partial charge in [-0.25, -0.2) is 4.99 Å². The Bertz CT molecular complexity index is 1160. The molecule has 0 atom stereocenters. The molecule has 1 aliphatic carbocycles. The van der Waals surface area contributed by atoms with Gasteiger partial charge < -0.3 is 5.73 Å². The largest absolute Gasteiger partial charge is 0.383 e. The van der Waals surface area contributed by atoms with Crippen LogP contribution in [-0.2, 0) is 6.42 Å². The lowest BCUT2D eigenvalue weighted by Gasteiger charge is -2.10. The number of nitrogens with zero attached hydrogens (tertiary/aromatic N) is 1. The minimum atomic E-state index is 0.532. The first kappa shape index (κ1) is 21.6. The number of benzene rings is 3. The Kier molecular flexibility index (Phi) is 7.14. The van der Waals surface area contributed by atoms with E-state index in [0.29, 0.717) is 5.84 Å². The molecule has 0 aliphatic heterocycles. The van der Waals surface area contributed by atoms with Crippen molar-refractivity contribution in [1.29, 1.82) is 0 Å². The van der Waals surface area contributed by atoms with Crippen LogP contribution in [0.25, 0.3) is 16.8 Å². The van der Waals surface area contributed by atoms with E-state index >= 15 is 0 Å². The van der Waals surface area contributed by atoms with E-state index in [9.17, 15) is 0 Å². The predicted molar refractivity (Wildman–Crippen MR) is 137 cm³/mol. The van der Waals surface area contributed by atoms with Crippen molar-refractivity contribution in [3.63, 3.8) is 0 Å². The Morgan fingerprint density at radius 1 is 0.906 bits per heavy atom. The average molecular weight is 419 g/mol. The molecular formula is C30H30N2. The molecule has 2 N–H and O–H groups in total. The third kappa shape index (κ3) is 5.53. The molecule has 32 heavy (non-hydrogen) atoms. The molecule has 3 aromatic rings. The molecule has 0 unspecified atom stereocenters. The van der Waals surface area contributed by atoms with Crippen molar-refractivity contribution in [2.75, 3.05) is 0 Å². The third-order valence-electron chi connectivity index (χ3n) is 5.82. The summed E-state index contributed by atoms with van der Waals surface area (Å²) < 4.78 is 0. The molecule has 0 bridgehead atoms. The first-order valence-corrected chi connectivity index (χ1v) is 11.4. The molecule has 4 rings (SSSR count). The van der Waals surface area contributed by atoms with E-state index in [1.165, 1.54) is 16.7 Å². The van der Waals surface area contributed by atoms with Crippen LogP contribution < -0.4 is 5.73 Å². The van der Waals surface area contributed by atoms with Gasteiger partial charge in [0.25, 0.3) is 0 Å². The number of hydrogen-bond donors (Lipinski definition) is 1. The Balaban J connectivity index is 1.64. The molecule has 2 heteroatoms. The minimum Gasteiger partial charge on any atom is -0.383 e. The van der Waals surface area contributed by atoms with E-state index in [-0.39, 0.29) is 0 Å². The molecule has 1 aliphatic rings. The second-order valence-electron chi connectivity index (χ2n) is 8.08. The number of hydrogen-bond acceptors (Lipinski definition) is 1. The van der Waals surface area contributed by atoms with Crippen molar-refractivity contribution in [2.45, 2.75) is 32.6 Å². The van der Waals surface area contributed by atoms with Gasteiger partial charge in [0.05, 0.1) is 5.70 Å². The highest BCUT2D eigenvalue weighted by Gasteiger charge is 2.07. The summed E-state index contributed by atoms with van der Waals surface area (Å²) >= 11 is 0. The van der Waals surface area contributed by atoms with Gasteiger partial charge in [-0.3, -0.25) is 0 Å². The monoisotopic (exact) mass is 418 g/mol. The summed E-state index contributed by atoms with van der Waals surface area (Å²) in [5, 5.41) is 0. The van der Waals surface area contributed by atoms with Gasteiger partial charge >= 0.3 is 0 Å². The summed E-state index contributed by atoms with van der Waals surface area (Å²) in [4.78, 5) is 4.87. The first-order chi connectivity index (χ1) is 15.7. The highest BCUT2D eigenvalue weighted by molar-refractivity contribution is 6.01. The maximum absolute atomic E-state index is 6.52. The lowest BCUT2D eigenvalue weighted by atomic mass is 10.00. The zero-order valence-electron chi connectivity index (χ0n) is 18.7. The van der Waals surface area contributed by atoms with Crippen LogP contribution >= 0.6 is 0 Å². The average Bonchev–Trinajstić information content (AvgIpc) is 2.87. The molecule has 160 valence electrons. The standard InChI is InChI=1S/C30H30N2/c1-2-23-16-19-25(20-17-23)27-14-9-15-28(22-27)30(31)32-29(26-12-7-4-8-13-26)21-18-24-10-5-3-6-11-24/h3-5,7-10,12-17,19-22H,2,6,11,18H2,1H3,(H2,31,32)/b29-21-. The maximum atomic E-state index is 6.52. The van der Waals surface area contributed by atoms with Crippen molar-refractivity contribution in [1.82, 2.24) is 0 Å². The molecule has 0 amide bonds. The number of aryl methyl sites for hydroxylation is 1. The SMILES string of the molecule is CCc1ccc(-c2cccc(C(N)=N/C(=C\CC3=CC=CCC3)c3ccccc3)c2)cc1. The molecule has 0 fully saturated rings. The fourth-order valence-corrected chi connectivity index (χ4v) is 3.87. The number of rotatable bonds is 7. The second-order valence-corrected chi connectivity index (χ2v) is 8.08. The van der Waals surface area contributed by atoms with Gasteiger partial charge in [-0.15, -0.1) is 0 Å². The predicted octanol–water partition coefficient (Wildman–Crippen LogP) is 7.33. The molecule has 0 saturated carbocycles. The van der Waals surface area contributed by atoms with Gasteiger partial charge in [-0.05, 0) is 54.0 Å². The highest BCUT2D eigenvalue weighted by atomic mass is 14.9. The Hall–Kier alpha value is -3.65. The quantitative estimate of drug-likeness (QED) is 0.316. The van der Waals surface area contributed by atoms with Gasteiger partial charge in [0.2, 0.25) is 0 Å². The lowest BCUT2D eigenvalue weighted by Crippen LogP contribution is -2.13. The summed E-state index contributed by atoms with van der Waals surface area (Å²) in [6, 6.07) is 27.3. The van der Waals surface area contributed by atoms with Crippen LogP contribution in [0.2, 0.25) is 0 Å². The molecule has 0 radical (unpaired) electrons. The topological polar surface area (TPSA) is 38.4 Å². The van der Waals surface area contributed by atoms with Crippen molar-refractivity contribution in [2.24, 2.45) is 10.7 Å². The van der Waals surface area contributed by atoms with Crippen molar-refractivity contribution in [3.05, 3.63) is 125 Å². The summed E-state index contributed by atoms with van der Waals surface area (Å²) in [7, 11) is 0. The zero-order chi connectivity index (χ0) is 22.2. The highest BCUT2D eigenvalue weighted by Crippen LogP contribution is 2.24. The molecule has 3 aromatic carbocycles. The summed E-state index contributed by atoms with van der Waals surface area (Å²) in [5.41, 5.74) is 14.5. The molecule has 0 spiro atoms. The van der Waals surface area contributed by atoms with Crippen LogP contribution in [0.4, 0.5) is 0 Å². The maximum Gasteiger partial charge on any atom is 0.131 e. The Morgan fingerprint density at radius 2 is 1.69 bits per heavy atom. The van der Waals surface area contributed by atoms with Crippen LogP contribution in [0.15, 0.2) is 114 Å². The van der Waals surface area contributed by atoms with Crippen molar-refractivity contribution in [3.8, 4) is 11.1 Å². The van der Waals surface area contributed by atoms with E-state index in [4.69, 9.17) is 10.7 Å². The number of nitrogens with two attached hydrogens (primary N) is 1. The number of aliphatic imine (C=N–C) groups is 1. The van der Waals surface area contributed by atoms with Crippen LogP contribution in [0, 0.1) is 0 Å². The Morgan fingerprint density at radius 3 is 2.41 bits per heavy atom. The van der Waals surface area contributed by atoms with Gasteiger partial charge in [0.1, 0.15) is 5.84 Å². The fourth-order valence-electron chi connectivity index (χ4n) is 3.87. The zero-order valence-corrected chi connectivity index (χ0v) is 18.7. The van der Waals surface area contributed by atoms with Crippen molar-refractivity contribution < 1.29 is 0 Å². The van der Waals surface area contributed by atoms with E-state index in [1.54, 1.807) is 0 Å². The molecular weight excluding hydrogens is 388 g/mol. The van der Waals surface area contributed by atoms with Crippen LogP contribution in [0.3, 0.4) is 0 Å². The van der Waals surface area contributed by atoms with Gasteiger partial charge in [0.15, 0.2) is 0 Å². The molecule has 0 aromatic heterocycles. The molecule has 2 nitrogen and oxygen atoms in total. The summed E-state index contributed by atoms with van der Waals surface area (Å²) in [6.07, 6.45) is 12.9. The second kappa shape index (κ2) is 10.6. The summed E-state index contributed by atoms with van der Waals surface area (Å²) in [6.45, 7) is 2.17. The van der Waals surface area contributed by atoms with Crippen LogP contribution in [0.5, 0.6) is 0 Å². The van der Waals surface area contributed by atoms with Gasteiger partial charge in [-0.1, -0.05) is 110 Å². The third-order valence-corrected chi connectivity index (χ3v) is 5.82. The van der Waals surface area contributed by atoms with Crippen molar-refractivity contribution >= 4 is 11.5 Å².